The minimum absolute atomic E-state index is 0.0311. The molecule has 5 nitrogen and oxygen atoms in total. The molecule has 0 heterocycles. The van der Waals surface area contributed by atoms with Gasteiger partial charge in [0.05, 0.1) is 24.7 Å². The summed E-state index contributed by atoms with van der Waals surface area (Å²) in [7, 11) is -1.94. The van der Waals surface area contributed by atoms with Crippen LogP contribution in [0.15, 0.2) is 18.2 Å². The molecule has 0 aromatic heterocycles. The highest BCUT2D eigenvalue weighted by molar-refractivity contribution is 7.92. The quantitative estimate of drug-likeness (QED) is 0.772. The average Bonchev–Trinajstić information content (AvgIpc) is 2.40. The van der Waals surface area contributed by atoms with Crippen LogP contribution in [-0.2, 0) is 14.8 Å². The molecule has 110 valence electrons. The first kappa shape index (κ1) is 16.5. The van der Waals surface area contributed by atoms with Crippen LogP contribution in [-0.4, -0.2) is 39.6 Å². The van der Waals surface area contributed by atoms with E-state index in [1.807, 2.05) is 6.92 Å². The van der Waals surface area contributed by atoms with Gasteiger partial charge < -0.3 is 9.84 Å². The highest BCUT2D eigenvalue weighted by atomic mass is 32.2. The molecule has 1 rings (SSSR count). The van der Waals surface area contributed by atoms with Crippen molar-refractivity contribution in [3.63, 3.8) is 0 Å². The molecule has 0 spiro atoms. The van der Waals surface area contributed by atoms with Crippen LogP contribution in [0.4, 0.5) is 5.69 Å². The lowest BCUT2D eigenvalue weighted by molar-refractivity contribution is 0.217. The van der Waals surface area contributed by atoms with Crippen LogP contribution in [0, 0.1) is 18.8 Å². The first-order valence-corrected chi connectivity index (χ1v) is 7.83. The van der Waals surface area contributed by atoms with Crippen LogP contribution in [0.25, 0.3) is 0 Å². The van der Waals surface area contributed by atoms with Crippen molar-refractivity contribution in [3.05, 3.63) is 29.3 Å². The van der Waals surface area contributed by atoms with Gasteiger partial charge in [0, 0.05) is 19.1 Å². The fourth-order valence-corrected chi connectivity index (χ4v) is 2.54. The van der Waals surface area contributed by atoms with Crippen LogP contribution in [0.5, 0.6) is 0 Å². The number of methoxy groups -OCH3 is 1. The number of rotatable bonds is 6. The molecular formula is C14H19NO4S. The van der Waals surface area contributed by atoms with Crippen LogP contribution in [0.2, 0.25) is 0 Å². The normalized spacial score (nSPS) is 10.8. The molecular weight excluding hydrogens is 278 g/mol. The van der Waals surface area contributed by atoms with Crippen molar-refractivity contribution < 1.29 is 18.3 Å². The van der Waals surface area contributed by atoms with Crippen molar-refractivity contribution in [2.24, 2.45) is 0 Å². The van der Waals surface area contributed by atoms with Gasteiger partial charge in [-0.25, -0.2) is 8.42 Å². The molecule has 0 amide bonds. The van der Waals surface area contributed by atoms with E-state index in [0.29, 0.717) is 12.1 Å². The van der Waals surface area contributed by atoms with Gasteiger partial charge in [0.25, 0.3) is 0 Å². The van der Waals surface area contributed by atoms with E-state index >= 15 is 0 Å². The summed E-state index contributed by atoms with van der Waals surface area (Å²) in [4.78, 5) is 0. The van der Waals surface area contributed by atoms with E-state index in [0.717, 1.165) is 11.1 Å². The number of nitrogens with one attached hydrogen (secondary N) is 1. The zero-order valence-electron chi connectivity index (χ0n) is 11.6. The standard InChI is InChI=1S/C14H19NO4S/c1-12-11-13(5-3-4-8-16)6-7-14(12)15-20(17,18)10-9-19-2/h6-7,11,15-16H,4,8-10H2,1-2H3. The van der Waals surface area contributed by atoms with E-state index in [4.69, 9.17) is 9.84 Å². The molecule has 0 aliphatic rings. The minimum atomic E-state index is -3.40. The number of aliphatic hydroxyl groups is 1. The van der Waals surface area contributed by atoms with Crippen molar-refractivity contribution in [3.8, 4) is 11.8 Å². The molecule has 1 aromatic rings. The van der Waals surface area contributed by atoms with Gasteiger partial charge in [0.2, 0.25) is 10.0 Å². The van der Waals surface area contributed by atoms with Crippen molar-refractivity contribution in [1.82, 2.24) is 0 Å². The summed E-state index contributed by atoms with van der Waals surface area (Å²) >= 11 is 0. The Hall–Kier alpha value is -1.55. The molecule has 2 N–H and O–H groups in total. The van der Waals surface area contributed by atoms with E-state index in [1.165, 1.54) is 7.11 Å². The van der Waals surface area contributed by atoms with E-state index in [9.17, 15) is 8.42 Å². The fraction of sp³-hybridized carbons (Fsp3) is 0.429. The largest absolute Gasteiger partial charge is 0.395 e. The van der Waals surface area contributed by atoms with Crippen LogP contribution in [0.1, 0.15) is 17.5 Å². The Morgan fingerprint density at radius 1 is 1.40 bits per heavy atom. The van der Waals surface area contributed by atoms with Gasteiger partial charge in [0.1, 0.15) is 0 Å². The molecule has 0 radical (unpaired) electrons. The highest BCUT2D eigenvalue weighted by Crippen LogP contribution is 2.17. The summed E-state index contributed by atoms with van der Waals surface area (Å²) in [5.41, 5.74) is 2.12. The lowest BCUT2D eigenvalue weighted by atomic mass is 10.1. The summed E-state index contributed by atoms with van der Waals surface area (Å²) in [5.74, 6) is 5.64. The third-order valence-corrected chi connectivity index (χ3v) is 3.75. The Labute approximate surface area is 120 Å². The van der Waals surface area contributed by atoms with Crippen LogP contribution in [0.3, 0.4) is 0 Å². The Bertz CT molecular complexity index is 599. The Morgan fingerprint density at radius 2 is 2.15 bits per heavy atom. The zero-order chi connectivity index (χ0) is 15.0. The number of ether oxygens (including phenoxy) is 1. The van der Waals surface area contributed by atoms with Crippen molar-refractivity contribution >= 4 is 15.7 Å². The van der Waals surface area contributed by atoms with Crippen molar-refractivity contribution in [2.75, 3.05) is 30.8 Å². The Morgan fingerprint density at radius 3 is 2.75 bits per heavy atom. The predicted molar refractivity (Wildman–Crippen MR) is 79.0 cm³/mol. The molecule has 0 atom stereocenters. The molecule has 0 saturated carbocycles. The number of anilines is 1. The van der Waals surface area contributed by atoms with Crippen molar-refractivity contribution in [2.45, 2.75) is 13.3 Å². The fourth-order valence-electron chi connectivity index (χ4n) is 1.49. The summed E-state index contributed by atoms with van der Waals surface area (Å²) in [6, 6.07) is 5.23. The summed E-state index contributed by atoms with van der Waals surface area (Å²) in [6.07, 6.45) is 0.421. The first-order valence-electron chi connectivity index (χ1n) is 6.18. The summed E-state index contributed by atoms with van der Waals surface area (Å²) in [5, 5.41) is 8.65. The molecule has 1 aromatic carbocycles. The van der Waals surface area contributed by atoms with Gasteiger partial charge in [0.15, 0.2) is 0 Å². The SMILES string of the molecule is COCCS(=O)(=O)Nc1ccc(C#CCCO)cc1C. The molecule has 0 fully saturated rings. The second kappa shape index (κ2) is 7.90. The minimum Gasteiger partial charge on any atom is -0.395 e. The van der Waals surface area contributed by atoms with Crippen molar-refractivity contribution in [1.29, 1.82) is 0 Å². The lowest BCUT2D eigenvalue weighted by Gasteiger charge is -2.10. The number of benzene rings is 1. The molecule has 0 aliphatic carbocycles. The van der Waals surface area contributed by atoms with Gasteiger partial charge in [-0.05, 0) is 30.7 Å². The maximum Gasteiger partial charge on any atom is 0.235 e. The summed E-state index contributed by atoms with van der Waals surface area (Å²) < 4.78 is 30.8. The number of hydrogen-bond donors (Lipinski definition) is 2. The molecule has 0 aliphatic heterocycles. The number of sulfonamides is 1. The van der Waals surface area contributed by atoms with Crippen LogP contribution >= 0.6 is 0 Å². The highest BCUT2D eigenvalue weighted by Gasteiger charge is 2.11. The third-order valence-electron chi connectivity index (χ3n) is 2.52. The summed E-state index contributed by atoms with van der Waals surface area (Å²) in [6.45, 7) is 1.99. The van der Waals surface area contributed by atoms with Gasteiger partial charge >= 0.3 is 0 Å². The van der Waals surface area contributed by atoms with Gasteiger partial charge in [-0.2, -0.15) is 0 Å². The molecule has 0 unspecified atom stereocenters. The average molecular weight is 297 g/mol. The van der Waals surface area contributed by atoms with Gasteiger partial charge in [-0.15, -0.1) is 0 Å². The second-order valence-corrected chi connectivity index (χ2v) is 6.06. The lowest BCUT2D eigenvalue weighted by Crippen LogP contribution is -2.20. The molecule has 0 saturated heterocycles. The smallest absolute Gasteiger partial charge is 0.235 e. The van der Waals surface area contributed by atoms with Crippen LogP contribution < -0.4 is 4.72 Å². The van der Waals surface area contributed by atoms with E-state index in [2.05, 4.69) is 16.6 Å². The molecule has 6 heteroatoms. The Balaban J connectivity index is 2.81. The third kappa shape index (κ3) is 5.61. The van der Waals surface area contributed by atoms with E-state index in [1.54, 1.807) is 18.2 Å². The maximum absolute atomic E-state index is 11.8. The van der Waals surface area contributed by atoms with Gasteiger partial charge in [-0.1, -0.05) is 11.8 Å². The number of hydrogen-bond acceptors (Lipinski definition) is 4. The van der Waals surface area contributed by atoms with E-state index < -0.39 is 10.0 Å². The monoisotopic (exact) mass is 297 g/mol. The Kier molecular flexibility index (Phi) is 6.52. The topological polar surface area (TPSA) is 75.6 Å². The second-order valence-electron chi connectivity index (χ2n) is 4.22. The zero-order valence-corrected chi connectivity index (χ0v) is 12.5. The van der Waals surface area contributed by atoms with Gasteiger partial charge in [-0.3, -0.25) is 4.72 Å². The molecule has 0 bridgehead atoms. The maximum atomic E-state index is 11.8. The number of aliphatic hydroxyl groups excluding tert-OH is 1. The van der Waals surface area contributed by atoms with E-state index in [-0.39, 0.29) is 19.0 Å². The molecule has 20 heavy (non-hydrogen) atoms. The number of aryl methyl sites for hydroxylation is 1. The predicted octanol–water partition coefficient (Wildman–Crippen LogP) is 1.12. The first-order chi connectivity index (χ1) is 9.48.